The third kappa shape index (κ3) is 5.21. The fourth-order valence-corrected chi connectivity index (χ4v) is 3.32. The third-order valence-electron chi connectivity index (χ3n) is 4.79. The molecule has 0 bridgehead atoms. The van der Waals surface area contributed by atoms with Gasteiger partial charge in [-0.15, -0.1) is 10.2 Å². The maximum atomic E-state index is 12.1. The van der Waals surface area contributed by atoms with E-state index in [0.717, 1.165) is 12.8 Å². The molecule has 1 fully saturated rings. The first kappa shape index (κ1) is 22.5. The first-order valence-corrected chi connectivity index (χ1v) is 11.2. The molecule has 1 saturated carbocycles. The van der Waals surface area contributed by atoms with Crippen LogP contribution < -0.4 is 25.8 Å². The Balaban J connectivity index is 1.65. The Morgan fingerprint density at radius 3 is 2.79 bits per heavy atom. The van der Waals surface area contributed by atoms with Gasteiger partial charge in [-0.05, 0) is 31.2 Å². The molecule has 172 valence electrons. The van der Waals surface area contributed by atoms with Crippen LogP contribution >= 0.6 is 11.9 Å². The molecule has 2 heterocycles. The van der Waals surface area contributed by atoms with Crippen molar-refractivity contribution < 1.29 is 18.8 Å². The summed E-state index contributed by atoms with van der Waals surface area (Å²) in [5.41, 5.74) is 6.72. The summed E-state index contributed by atoms with van der Waals surface area (Å²) in [5.74, 6) is 0.465. The average Bonchev–Trinajstić information content (AvgIpc) is 3.56. The Morgan fingerprint density at radius 1 is 1.27 bits per heavy atom. The number of nitrogens with two attached hydrogens (primary N) is 1. The van der Waals surface area contributed by atoms with E-state index in [1.54, 1.807) is 18.2 Å². The summed E-state index contributed by atoms with van der Waals surface area (Å²) in [6.45, 7) is 0.411. The van der Waals surface area contributed by atoms with Gasteiger partial charge in [0, 0.05) is 12.0 Å². The van der Waals surface area contributed by atoms with Crippen LogP contribution in [0.4, 0.5) is 17.2 Å². The van der Waals surface area contributed by atoms with Gasteiger partial charge >= 0.3 is 0 Å². The van der Waals surface area contributed by atoms with E-state index in [4.69, 9.17) is 15.0 Å². The zero-order valence-electron chi connectivity index (χ0n) is 17.9. The van der Waals surface area contributed by atoms with Gasteiger partial charge in [0.15, 0.2) is 17.3 Å². The van der Waals surface area contributed by atoms with Crippen molar-refractivity contribution in [3.05, 3.63) is 35.9 Å². The summed E-state index contributed by atoms with van der Waals surface area (Å²) in [4.78, 5) is 28.4. The van der Waals surface area contributed by atoms with Gasteiger partial charge in [0.25, 0.3) is 5.91 Å². The summed E-state index contributed by atoms with van der Waals surface area (Å²) in [7, 11) is 1.50. The quantitative estimate of drug-likeness (QED) is 0.320. The molecule has 4 rings (SSSR count). The van der Waals surface area contributed by atoms with E-state index < -0.39 is 5.91 Å². The summed E-state index contributed by atoms with van der Waals surface area (Å²) in [6.07, 6.45) is 3.59. The van der Waals surface area contributed by atoms with Crippen molar-refractivity contribution in [3.63, 3.8) is 0 Å². The number of benzene rings is 1. The molecule has 33 heavy (non-hydrogen) atoms. The van der Waals surface area contributed by atoms with Gasteiger partial charge in [-0.3, -0.25) is 14.3 Å². The molecule has 3 aromatic rings. The normalized spacial score (nSPS) is 12.9. The number of nitrogens with one attached hydrogen (secondary N) is 3. The lowest BCUT2D eigenvalue weighted by Gasteiger charge is -2.15. The molecule has 0 aliphatic heterocycles. The van der Waals surface area contributed by atoms with Crippen molar-refractivity contribution in [2.75, 3.05) is 24.0 Å². The van der Waals surface area contributed by atoms with E-state index >= 15 is 0 Å². The van der Waals surface area contributed by atoms with Crippen molar-refractivity contribution in [2.24, 2.45) is 11.7 Å². The van der Waals surface area contributed by atoms with Crippen LogP contribution in [0, 0.1) is 5.92 Å². The Kier molecular flexibility index (Phi) is 6.70. The molecule has 0 radical (unpaired) electrons. The number of hydrogen-bond donors (Lipinski definition) is 4. The van der Waals surface area contributed by atoms with Crippen molar-refractivity contribution in [1.29, 1.82) is 0 Å². The standard InChI is InChI=1S/C20H22N8O4S/c1-31-17-11(19-25-15(32-28-19)9-22-33-2)4-3-5-12(17)23-13-8-14(24-20(30)10-6-7-10)26-27-16(13)18(21)29/h3-5,8,10,22H,6-7,9H2,1-2H3,(H2,21,29)(H2,23,24,26,30). The summed E-state index contributed by atoms with van der Waals surface area (Å²) in [6, 6.07) is 6.79. The average molecular weight is 471 g/mol. The number of aromatic nitrogens is 4. The molecule has 0 atom stereocenters. The number of carbonyl (C=O) groups is 2. The molecular weight excluding hydrogens is 448 g/mol. The third-order valence-corrected chi connectivity index (χ3v) is 5.22. The van der Waals surface area contributed by atoms with Crippen LogP contribution in [0.3, 0.4) is 0 Å². The lowest BCUT2D eigenvalue weighted by Crippen LogP contribution is -2.19. The molecule has 12 nitrogen and oxygen atoms in total. The van der Waals surface area contributed by atoms with Gasteiger partial charge in [-0.1, -0.05) is 23.2 Å². The summed E-state index contributed by atoms with van der Waals surface area (Å²) in [5, 5.41) is 17.6. The Labute approximate surface area is 193 Å². The van der Waals surface area contributed by atoms with Gasteiger partial charge in [-0.25, -0.2) is 0 Å². The Bertz CT molecular complexity index is 1180. The summed E-state index contributed by atoms with van der Waals surface area (Å²) < 4.78 is 13.9. The molecule has 0 spiro atoms. The van der Waals surface area contributed by atoms with Crippen LogP contribution in [0.2, 0.25) is 0 Å². The lowest BCUT2D eigenvalue weighted by atomic mass is 10.1. The monoisotopic (exact) mass is 470 g/mol. The number of hydrogen-bond acceptors (Lipinski definition) is 11. The van der Waals surface area contributed by atoms with Gasteiger partial charge < -0.3 is 25.6 Å². The minimum absolute atomic E-state index is 0.0122. The maximum Gasteiger partial charge on any atom is 0.271 e. The Morgan fingerprint density at radius 2 is 2.09 bits per heavy atom. The topological polar surface area (TPSA) is 170 Å². The maximum absolute atomic E-state index is 12.1. The van der Waals surface area contributed by atoms with Crippen molar-refractivity contribution in [1.82, 2.24) is 25.1 Å². The van der Waals surface area contributed by atoms with E-state index in [1.165, 1.54) is 25.1 Å². The van der Waals surface area contributed by atoms with E-state index in [0.29, 0.717) is 35.3 Å². The van der Waals surface area contributed by atoms with E-state index in [2.05, 4.69) is 35.7 Å². The number of carbonyl (C=O) groups excluding carboxylic acids is 2. The second kappa shape index (κ2) is 9.83. The van der Waals surface area contributed by atoms with Crippen LogP contribution in [0.15, 0.2) is 28.8 Å². The molecule has 0 saturated heterocycles. The molecule has 0 unspecified atom stereocenters. The van der Waals surface area contributed by atoms with Gasteiger partial charge in [0.05, 0.1) is 30.6 Å². The molecule has 2 amide bonds. The fourth-order valence-electron chi connectivity index (χ4n) is 3.05. The van der Waals surface area contributed by atoms with Gasteiger partial charge in [0.1, 0.15) is 0 Å². The number of amides is 2. The van der Waals surface area contributed by atoms with Crippen LogP contribution in [0.5, 0.6) is 5.75 Å². The highest BCUT2D eigenvalue weighted by atomic mass is 32.2. The minimum atomic E-state index is -0.774. The second-order valence-electron chi connectivity index (χ2n) is 7.17. The van der Waals surface area contributed by atoms with E-state index in [1.807, 2.05) is 6.26 Å². The second-order valence-corrected chi connectivity index (χ2v) is 7.86. The fraction of sp³-hybridized carbons (Fsp3) is 0.300. The molecule has 2 aromatic heterocycles. The van der Waals surface area contributed by atoms with Crippen molar-refractivity contribution in [3.8, 4) is 17.1 Å². The van der Waals surface area contributed by atoms with Crippen LogP contribution in [0.25, 0.3) is 11.4 Å². The van der Waals surface area contributed by atoms with E-state index in [9.17, 15) is 9.59 Å². The highest BCUT2D eigenvalue weighted by Gasteiger charge is 2.30. The number of rotatable bonds is 10. The first-order valence-electron chi connectivity index (χ1n) is 10.0. The molecule has 13 heteroatoms. The van der Waals surface area contributed by atoms with Crippen LogP contribution in [-0.4, -0.2) is 45.5 Å². The zero-order valence-corrected chi connectivity index (χ0v) is 18.7. The molecule has 5 N–H and O–H groups in total. The predicted molar refractivity (Wildman–Crippen MR) is 122 cm³/mol. The number of methoxy groups -OCH3 is 1. The smallest absolute Gasteiger partial charge is 0.271 e. The van der Waals surface area contributed by atoms with Gasteiger partial charge in [0.2, 0.25) is 17.6 Å². The number of ether oxygens (including phenoxy) is 1. The van der Waals surface area contributed by atoms with Crippen molar-refractivity contribution in [2.45, 2.75) is 19.4 Å². The number of primary amides is 1. The largest absolute Gasteiger partial charge is 0.494 e. The predicted octanol–water partition coefficient (Wildman–Crippen LogP) is 2.09. The zero-order chi connectivity index (χ0) is 23.4. The number of nitrogens with zero attached hydrogens (tertiary/aromatic N) is 4. The van der Waals surface area contributed by atoms with Crippen LogP contribution in [-0.2, 0) is 11.3 Å². The van der Waals surface area contributed by atoms with E-state index in [-0.39, 0.29) is 29.0 Å². The molecule has 1 aliphatic carbocycles. The number of para-hydroxylation sites is 1. The van der Waals surface area contributed by atoms with Gasteiger partial charge in [-0.2, -0.15) is 4.98 Å². The van der Waals surface area contributed by atoms with Crippen molar-refractivity contribution >= 4 is 41.0 Å². The summed E-state index contributed by atoms with van der Waals surface area (Å²) >= 11 is 1.44. The SMILES string of the molecule is COc1c(Nc2cc(NC(=O)C3CC3)nnc2C(N)=O)cccc1-c1noc(CNSC)n1. The van der Waals surface area contributed by atoms with Crippen LogP contribution in [0.1, 0.15) is 29.2 Å². The highest BCUT2D eigenvalue weighted by Crippen LogP contribution is 2.37. The highest BCUT2D eigenvalue weighted by molar-refractivity contribution is 7.96. The molecular formula is C20H22N8O4S. The Hall–Kier alpha value is -3.71. The first-order chi connectivity index (χ1) is 16.0. The molecule has 1 aromatic carbocycles. The lowest BCUT2D eigenvalue weighted by molar-refractivity contribution is -0.117. The number of anilines is 3. The molecule has 1 aliphatic rings. The minimum Gasteiger partial charge on any atom is -0.494 e.